The topological polar surface area (TPSA) is 53.1 Å². The van der Waals surface area contributed by atoms with Gasteiger partial charge in [-0.05, 0) is 37.7 Å². The maximum Gasteiger partial charge on any atom is 0.239 e. The lowest BCUT2D eigenvalue weighted by molar-refractivity contribution is -0.139. The van der Waals surface area contributed by atoms with Crippen molar-refractivity contribution in [1.29, 1.82) is 0 Å². The fourth-order valence-electron chi connectivity index (χ4n) is 4.29. The van der Waals surface area contributed by atoms with Crippen LogP contribution in [0, 0.1) is 5.92 Å². The number of rotatable bonds is 7. The maximum absolute atomic E-state index is 12.8. The third kappa shape index (κ3) is 6.28. The monoisotopic (exact) mass is 401 g/mol. The zero-order valence-corrected chi connectivity index (χ0v) is 17.9. The molecule has 1 atom stereocenters. The SMILES string of the molecule is CC(C(=O)N1CCC(CCC(=O)N(C)Cc2ccccc2)CC1)N1CCOCC1. The van der Waals surface area contributed by atoms with Crippen molar-refractivity contribution >= 4 is 11.8 Å². The predicted molar refractivity (Wildman–Crippen MR) is 113 cm³/mol. The van der Waals surface area contributed by atoms with E-state index in [1.165, 1.54) is 0 Å². The summed E-state index contributed by atoms with van der Waals surface area (Å²) in [4.78, 5) is 31.3. The molecule has 2 heterocycles. The number of hydrogen-bond acceptors (Lipinski definition) is 4. The summed E-state index contributed by atoms with van der Waals surface area (Å²) in [5, 5.41) is 0. The van der Waals surface area contributed by atoms with Crippen LogP contribution in [0.15, 0.2) is 30.3 Å². The minimum Gasteiger partial charge on any atom is -0.379 e. The maximum atomic E-state index is 12.8. The molecule has 6 heteroatoms. The first kappa shape index (κ1) is 21.8. The highest BCUT2D eigenvalue weighted by Gasteiger charge is 2.30. The van der Waals surface area contributed by atoms with Gasteiger partial charge in [-0.2, -0.15) is 0 Å². The fourth-order valence-corrected chi connectivity index (χ4v) is 4.29. The average molecular weight is 402 g/mol. The highest BCUT2D eigenvalue weighted by molar-refractivity contribution is 5.81. The number of likely N-dealkylation sites (tertiary alicyclic amines) is 1. The Hall–Kier alpha value is -1.92. The van der Waals surface area contributed by atoms with Gasteiger partial charge in [-0.1, -0.05) is 30.3 Å². The van der Waals surface area contributed by atoms with Crippen molar-refractivity contribution in [2.45, 2.75) is 45.2 Å². The van der Waals surface area contributed by atoms with E-state index in [0.717, 1.165) is 51.0 Å². The third-order valence-corrected chi connectivity index (χ3v) is 6.33. The Kier molecular flexibility index (Phi) is 8.07. The molecule has 0 radical (unpaired) electrons. The largest absolute Gasteiger partial charge is 0.379 e. The van der Waals surface area contributed by atoms with Gasteiger partial charge in [0.15, 0.2) is 0 Å². The van der Waals surface area contributed by atoms with Gasteiger partial charge >= 0.3 is 0 Å². The number of amides is 2. The van der Waals surface area contributed by atoms with E-state index in [1.807, 2.05) is 42.0 Å². The molecule has 1 unspecified atom stereocenters. The number of piperidine rings is 1. The van der Waals surface area contributed by atoms with Gasteiger partial charge in [0.05, 0.1) is 19.3 Å². The molecule has 2 saturated heterocycles. The van der Waals surface area contributed by atoms with Crippen molar-refractivity contribution in [1.82, 2.24) is 14.7 Å². The van der Waals surface area contributed by atoms with Crippen LogP contribution in [0.2, 0.25) is 0 Å². The molecule has 2 amide bonds. The van der Waals surface area contributed by atoms with Gasteiger partial charge in [0.2, 0.25) is 11.8 Å². The van der Waals surface area contributed by atoms with Gasteiger partial charge in [0.25, 0.3) is 0 Å². The number of carbonyl (C=O) groups excluding carboxylic acids is 2. The smallest absolute Gasteiger partial charge is 0.239 e. The normalized spacial score (nSPS) is 19.7. The number of ether oxygens (including phenoxy) is 1. The molecule has 3 rings (SSSR count). The number of benzene rings is 1. The van der Waals surface area contributed by atoms with Gasteiger partial charge in [-0.3, -0.25) is 14.5 Å². The Labute approximate surface area is 174 Å². The van der Waals surface area contributed by atoms with E-state index >= 15 is 0 Å². The van der Waals surface area contributed by atoms with Crippen molar-refractivity contribution < 1.29 is 14.3 Å². The predicted octanol–water partition coefficient (Wildman–Crippen LogP) is 2.38. The molecule has 2 aliphatic heterocycles. The fraction of sp³-hybridized carbons (Fsp3) is 0.652. The Bertz CT molecular complexity index is 653. The lowest BCUT2D eigenvalue weighted by atomic mass is 9.91. The molecular weight excluding hydrogens is 366 g/mol. The van der Waals surface area contributed by atoms with Crippen LogP contribution >= 0.6 is 0 Å². The van der Waals surface area contributed by atoms with Gasteiger partial charge in [-0.25, -0.2) is 0 Å². The van der Waals surface area contributed by atoms with Crippen LogP contribution < -0.4 is 0 Å². The summed E-state index contributed by atoms with van der Waals surface area (Å²) in [7, 11) is 1.88. The summed E-state index contributed by atoms with van der Waals surface area (Å²) in [5.41, 5.74) is 1.16. The highest BCUT2D eigenvalue weighted by Crippen LogP contribution is 2.23. The van der Waals surface area contributed by atoms with Gasteiger partial charge in [-0.15, -0.1) is 0 Å². The van der Waals surface area contributed by atoms with Crippen molar-refractivity contribution in [2.75, 3.05) is 46.4 Å². The van der Waals surface area contributed by atoms with E-state index in [-0.39, 0.29) is 17.9 Å². The summed E-state index contributed by atoms with van der Waals surface area (Å²) in [6, 6.07) is 10.0. The Morgan fingerprint density at radius 1 is 1.10 bits per heavy atom. The van der Waals surface area contributed by atoms with E-state index in [0.29, 0.717) is 32.1 Å². The number of hydrogen-bond donors (Lipinski definition) is 0. The van der Waals surface area contributed by atoms with Crippen LogP contribution in [-0.2, 0) is 20.9 Å². The molecular formula is C23H35N3O3. The van der Waals surface area contributed by atoms with E-state index in [9.17, 15) is 9.59 Å². The lowest BCUT2D eigenvalue weighted by Crippen LogP contribution is -2.52. The molecule has 0 aromatic heterocycles. The first-order valence-corrected chi connectivity index (χ1v) is 10.9. The minimum atomic E-state index is -0.0661. The molecule has 6 nitrogen and oxygen atoms in total. The molecule has 160 valence electrons. The van der Waals surface area contributed by atoms with Crippen LogP contribution in [0.5, 0.6) is 0 Å². The van der Waals surface area contributed by atoms with Gasteiger partial charge in [0, 0.05) is 46.2 Å². The minimum absolute atomic E-state index is 0.0661. The quantitative estimate of drug-likeness (QED) is 0.704. The van der Waals surface area contributed by atoms with E-state index < -0.39 is 0 Å². The molecule has 0 aliphatic carbocycles. The molecule has 2 fully saturated rings. The molecule has 2 aliphatic rings. The lowest BCUT2D eigenvalue weighted by Gasteiger charge is -2.37. The van der Waals surface area contributed by atoms with Gasteiger partial charge < -0.3 is 14.5 Å². The first-order valence-electron chi connectivity index (χ1n) is 10.9. The molecule has 1 aromatic rings. The third-order valence-electron chi connectivity index (χ3n) is 6.33. The number of nitrogens with zero attached hydrogens (tertiary/aromatic N) is 3. The Balaban J connectivity index is 1.37. The number of morpholine rings is 1. The van der Waals surface area contributed by atoms with Crippen LogP contribution in [0.4, 0.5) is 0 Å². The molecule has 29 heavy (non-hydrogen) atoms. The number of carbonyl (C=O) groups is 2. The molecule has 1 aromatic carbocycles. The average Bonchev–Trinajstić information content (AvgIpc) is 2.78. The Morgan fingerprint density at radius 2 is 1.76 bits per heavy atom. The summed E-state index contributed by atoms with van der Waals surface area (Å²) < 4.78 is 5.39. The van der Waals surface area contributed by atoms with E-state index in [2.05, 4.69) is 17.0 Å². The van der Waals surface area contributed by atoms with Crippen molar-refractivity contribution in [3.05, 3.63) is 35.9 Å². The second-order valence-corrected chi connectivity index (χ2v) is 8.37. The summed E-state index contributed by atoms with van der Waals surface area (Å²) in [6.07, 6.45) is 3.50. The van der Waals surface area contributed by atoms with Crippen molar-refractivity contribution in [3.63, 3.8) is 0 Å². The highest BCUT2D eigenvalue weighted by atomic mass is 16.5. The second-order valence-electron chi connectivity index (χ2n) is 8.37. The van der Waals surface area contributed by atoms with E-state index in [4.69, 9.17) is 4.74 Å². The molecule has 0 bridgehead atoms. The van der Waals surface area contributed by atoms with Crippen LogP contribution in [0.3, 0.4) is 0 Å². The summed E-state index contributed by atoms with van der Waals surface area (Å²) in [5.74, 6) is 0.976. The zero-order chi connectivity index (χ0) is 20.6. The van der Waals surface area contributed by atoms with Crippen LogP contribution in [-0.4, -0.2) is 79.0 Å². The molecule has 0 saturated carbocycles. The van der Waals surface area contributed by atoms with Crippen molar-refractivity contribution in [3.8, 4) is 0 Å². The standard InChI is InChI=1S/C23H35N3O3/c1-19(25-14-16-29-17-15-25)23(28)26-12-10-20(11-13-26)8-9-22(27)24(2)18-21-6-4-3-5-7-21/h3-7,19-20H,8-18H2,1-2H3. The molecule has 0 spiro atoms. The van der Waals surface area contributed by atoms with Crippen LogP contribution in [0.1, 0.15) is 38.2 Å². The Morgan fingerprint density at radius 3 is 2.41 bits per heavy atom. The molecule has 0 N–H and O–H groups in total. The summed E-state index contributed by atoms with van der Waals surface area (Å²) in [6.45, 7) is 7.40. The van der Waals surface area contributed by atoms with Gasteiger partial charge in [0.1, 0.15) is 0 Å². The first-order chi connectivity index (χ1) is 14.0. The summed E-state index contributed by atoms with van der Waals surface area (Å²) >= 11 is 0. The van der Waals surface area contributed by atoms with Crippen LogP contribution in [0.25, 0.3) is 0 Å². The second kappa shape index (κ2) is 10.7. The van der Waals surface area contributed by atoms with Crippen molar-refractivity contribution in [2.24, 2.45) is 5.92 Å². The zero-order valence-electron chi connectivity index (χ0n) is 17.9. The van der Waals surface area contributed by atoms with E-state index in [1.54, 1.807) is 0 Å².